The summed E-state index contributed by atoms with van der Waals surface area (Å²) in [6.07, 6.45) is 6.21. The number of halogens is 1. The quantitative estimate of drug-likeness (QED) is 0.570. The minimum atomic E-state index is -3.13. The number of rotatable bonds is 4. The van der Waals surface area contributed by atoms with E-state index in [1.54, 1.807) is 12.1 Å². The molecule has 1 aromatic rings. The highest BCUT2D eigenvalue weighted by Crippen LogP contribution is 2.32. The Morgan fingerprint density at radius 2 is 1.74 bits per heavy atom. The number of benzene rings is 1. The van der Waals surface area contributed by atoms with Crippen LogP contribution in [0.1, 0.15) is 37.7 Å². The van der Waals surface area contributed by atoms with E-state index >= 15 is 0 Å². The molecule has 1 atom stereocenters. The van der Waals surface area contributed by atoms with E-state index in [0.717, 1.165) is 5.56 Å². The molecular weight excluding hydrogens is 371 g/mol. The fraction of sp³-hybridized carbons (Fsp3) is 0.600. The van der Waals surface area contributed by atoms with Gasteiger partial charge in [-0.2, -0.15) is 0 Å². The van der Waals surface area contributed by atoms with Crippen molar-refractivity contribution in [2.24, 2.45) is 5.92 Å². The molecule has 0 amide bonds. The van der Waals surface area contributed by atoms with Crippen molar-refractivity contribution in [1.82, 2.24) is 0 Å². The predicted molar refractivity (Wildman–Crippen MR) is 87.6 cm³/mol. The Kier molecular flexibility index (Phi) is 5.29. The Bertz CT molecular complexity index is 501. The number of hydrogen-bond donors (Lipinski definition) is 0. The second-order valence-electron chi connectivity index (χ2n) is 5.51. The van der Waals surface area contributed by atoms with E-state index in [-0.39, 0.29) is 9.68 Å². The zero-order valence-corrected chi connectivity index (χ0v) is 14.3. The van der Waals surface area contributed by atoms with Gasteiger partial charge in [-0.1, -0.05) is 59.5 Å². The van der Waals surface area contributed by atoms with E-state index in [4.69, 9.17) is 0 Å². The molecule has 106 valence electrons. The van der Waals surface area contributed by atoms with Gasteiger partial charge in [0.1, 0.15) is 0 Å². The Labute approximate surface area is 130 Å². The number of aryl methyl sites for hydroxylation is 1. The van der Waals surface area contributed by atoms with Crippen LogP contribution in [0.25, 0.3) is 0 Å². The van der Waals surface area contributed by atoms with Crippen molar-refractivity contribution in [3.63, 3.8) is 0 Å². The molecule has 0 heterocycles. The molecule has 1 saturated carbocycles. The minimum Gasteiger partial charge on any atom is -0.224 e. The summed E-state index contributed by atoms with van der Waals surface area (Å²) >= 11 is 2.34. The zero-order valence-electron chi connectivity index (χ0n) is 11.3. The van der Waals surface area contributed by atoms with Crippen LogP contribution < -0.4 is 0 Å². The maximum atomic E-state index is 12.4. The van der Waals surface area contributed by atoms with Gasteiger partial charge in [0.05, 0.1) is 10.6 Å². The molecule has 1 aliphatic rings. The molecule has 4 heteroatoms. The maximum Gasteiger partial charge on any atom is 0.179 e. The first-order valence-corrected chi connectivity index (χ1v) is 9.82. The molecule has 0 aromatic heterocycles. The van der Waals surface area contributed by atoms with E-state index in [9.17, 15) is 8.42 Å². The smallest absolute Gasteiger partial charge is 0.179 e. The molecule has 19 heavy (non-hydrogen) atoms. The van der Waals surface area contributed by atoms with Crippen molar-refractivity contribution in [2.75, 3.05) is 5.75 Å². The lowest BCUT2D eigenvalue weighted by Crippen LogP contribution is -2.25. The Morgan fingerprint density at radius 3 is 2.32 bits per heavy atom. The highest BCUT2D eigenvalue weighted by atomic mass is 127. The second kappa shape index (κ2) is 6.57. The van der Waals surface area contributed by atoms with Crippen LogP contribution >= 0.6 is 22.6 Å². The van der Waals surface area contributed by atoms with E-state index in [2.05, 4.69) is 22.6 Å². The van der Waals surface area contributed by atoms with Gasteiger partial charge in [-0.05, 0) is 37.8 Å². The second-order valence-corrected chi connectivity index (χ2v) is 9.14. The van der Waals surface area contributed by atoms with Gasteiger partial charge in [0, 0.05) is 3.92 Å². The van der Waals surface area contributed by atoms with Gasteiger partial charge in [-0.25, -0.2) is 8.42 Å². The standard InChI is InChI=1S/C15H21IO2S/c1-12-7-9-14(10-8-12)19(17,18)11-15(16)13-5-3-2-4-6-13/h7-10,13,15H,2-6,11H2,1H3. The molecule has 0 aliphatic heterocycles. The highest BCUT2D eigenvalue weighted by molar-refractivity contribution is 14.1. The van der Waals surface area contributed by atoms with Crippen molar-refractivity contribution >= 4 is 32.4 Å². The molecule has 0 saturated heterocycles. The van der Waals surface area contributed by atoms with Crippen LogP contribution in [0.3, 0.4) is 0 Å². The molecule has 1 unspecified atom stereocenters. The normalized spacial score (nSPS) is 19.3. The summed E-state index contributed by atoms with van der Waals surface area (Å²) in [7, 11) is -3.13. The molecular formula is C15H21IO2S. The number of alkyl halides is 1. The van der Waals surface area contributed by atoms with Crippen LogP contribution in [0, 0.1) is 12.8 Å². The van der Waals surface area contributed by atoms with E-state index in [1.165, 1.54) is 32.1 Å². The largest absolute Gasteiger partial charge is 0.224 e. The van der Waals surface area contributed by atoms with Crippen molar-refractivity contribution in [2.45, 2.75) is 47.8 Å². The minimum absolute atomic E-state index is 0.240. The summed E-state index contributed by atoms with van der Waals surface area (Å²) in [6, 6.07) is 7.20. The maximum absolute atomic E-state index is 12.4. The fourth-order valence-electron chi connectivity index (χ4n) is 2.68. The van der Waals surface area contributed by atoms with Crippen LogP contribution in [0.15, 0.2) is 29.2 Å². The van der Waals surface area contributed by atoms with Gasteiger partial charge in [0.15, 0.2) is 9.84 Å². The highest BCUT2D eigenvalue weighted by Gasteiger charge is 2.27. The SMILES string of the molecule is Cc1ccc(S(=O)(=O)CC(I)C2CCCCC2)cc1. The first kappa shape index (κ1) is 15.3. The van der Waals surface area contributed by atoms with Crippen molar-refractivity contribution in [1.29, 1.82) is 0 Å². The summed E-state index contributed by atoms with van der Waals surface area (Å²) in [5.74, 6) is 0.857. The average Bonchev–Trinajstić information content (AvgIpc) is 2.40. The van der Waals surface area contributed by atoms with E-state index in [0.29, 0.717) is 10.8 Å². The van der Waals surface area contributed by atoms with Crippen molar-refractivity contribution in [3.05, 3.63) is 29.8 Å². The Balaban J connectivity index is 2.05. The summed E-state index contributed by atoms with van der Waals surface area (Å²) in [5, 5.41) is 0. The summed E-state index contributed by atoms with van der Waals surface area (Å²) < 4.78 is 25.0. The fourth-order valence-corrected chi connectivity index (χ4v) is 6.26. The van der Waals surface area contributed by atoms with Gasteiger partial charge in [0.25, 0.3) is 0 Å². The molecule has 0 spiro atoms. The summed E-state index contributed by atoms with van der Waals surface area (Å²) in [4.78, 5) is 0.468. The Morgan fingerprint density at radius 1 is 1.16 bits per heavy atom. The lowest BCUT2D eigenvalue weighted by molar-refractivity contribution is 0.363. The molecule has 0 N–H and O–H groups in total. The van der Waals surface area contributed by atoms with E-state index < -0.39 is 9.84 Å². The molecule has 2 rings (SSSR count). The topological polar surface area (TPSA) is 34.1 Å². The molecule has 0 radical (unpaired) electrons. The van der Waals surface area contributed by atoms with Crippen LogP contribution in [0.5, 0.6) is 0 Å². The molecule has 1 fully saturated rings. The van der Waals surface area contributed by atoms with Crippen molar-refractivity contribution in [3.8, 4) is 0 Å². The third-order valence-electron chi connectivity index (χ3n) is 3.92. The van der Waals surface area contributed by atoms with Crippen LogP contribution in [-0.4, -0.2) is 18.1 Å². The molecule has 1 aliphatic carbocycles. The summed E-state index contributed by atoms with van der Waals surface area (Å²) in [5.41, 5.74) is 1.09. The number of hydrogen-bond acceptors (Lipinski definition) is 2. The third-order valence-corrected chi connectivity index (χ3v) is 7.76. The molecule has 0 bridgehead atoms. The lowest BCUT2D eigenvalue weighted by Gasteiger charge is -2.26. The zero-order chi connectivity index (χ0) is 13.9. The monoisotopic (exact) mass is 392 g/mol. The van der Waals surface area contributed by atoms with Gasteiger partial charge in [-0.3, -0.25) is 0 Å². The average molecular weight is 392 g/mol. The van der Waals surface area contributed by atoms with Gasteiger partial charge < -0.3 is 0 Å². The first-order valence-electron chi connectivity index (χ1n) is 6.92. The third kappa shape index (κ3) is 4.18. The van der Waals surface area contributed by atoms with Gasteiger partial charge in [0.2, 0.25) is 0 Å². The number of sulfone groups is 1. The summed E-state index contributed by atoms with van der Waals surface area (Å²) in [6.45, 7) is 1.97. The molecule has 1 aromatic carbocycles. The van der Waals surface area contributed by atoms with Crippen LogP contribution in [0.2, 0.25) is 0 Å². The van der Waals surface area contributed by atoms with Crippen LogP contribution in [0.4, 0.5) is 0 Å². The van der Waals surface area contributed by atoms with Gasteiger partial charge in [-0.15, -0.1) is 0 Å². The Hall–Kier alpha value is -0.100. The van der Waals surface area contributed by atoms with E-state index in [1.807, 2.05) is 19.1 Å². The first-order chi connectivity index (χ1) is 8.99. The molecule has 2 nitrogen and oxygen atoms in total. The predicted octanol–water partition coefficient (Wildman–Crippen LogP) is 4.15. The van der Waals surface area contributed by atoms with Gasteiger partial charge >= 0.3 is 0 Å². The lowest BCUT2D eigenvalue weighted by atomic mass is 9.87. The van der Waals surface area contributed by atoms with Crippen LogP contribution in [-0.2, 0) is 9.84 Å². The van der Waals surface area contributed by atoms with Crippen molar-refractivity contribution < 1.29 is 8.42 Å².